The first-order valence-electron chi connectivity index (χ1n) is 11.5. The Morgan fingerprint density at radius 3 is 2.50 bits per heavy atom. The summed E-state index contributed by atoms with van der Waals surface area (Å²) in [6.07, 6.45) is 4.86. The van der Waals surface area contributed by atoms with E-state index in [1.54, 1.807) is 0 Å². The van der Waals surface area contributed by atoms with Crippen molar-refractivity contribution in [3.8, 4) is 11.6 Å². The molecule has 2 aromatic rings. The molecule has 172 valence electrons. The van der Waals surface area contributed by atoms with Crippen LogP contribution in [0.15, 0.2) is 36.4 Å². The number of nitrogens with one attached hydrogen (secondary N) is 2. The molecule has 2 N–H and O–H groups in total. The second-order valence-corrected chi connectivity index (χ2v) is 8.45. The van der Waals surface area contributed by atoms with Crippen molar-refractivity contribution in [1.82, 2.24) is 20.2 Å². The van der Waals surface area contributed by atoms with Gasteiger partial charge in [-0.1, -0.05) is 31.0 Å². The highest BCUT2D eigenvalue weighted by Gasteiger charge is 2.16. The van der Waals surface area contributed by atoms with E-state index in [1.165, 1.54) is 25.7 Å². The minimum Gasteiger partial charge on any atom is -0.439 e. The standard InChI is InChI=1S/C23H32N6O2S/c32-23(24-10-13-28-14-16-30-17-15-28)27-22-25-20(29-11-6-1-2-7-12-29)18-21(26-22)31-19-8-4-3-5-9-19/h3-5,8-9,18H,1-2,6-7,10-17H2,(H2,24,25,26,27,32). The van der Waals surface area contributed by atoms with Crippen molar-refractivity contribution in [1.29, 1.82) is 0 Å². The monoisotopic (exact) mass is 456 g/mol. The van der Waals surface area contributed by atoms with E-state index in [0.29, 0.717) is 16.9 Å². The molecule has 2 saturated heterocycles. The van der Waals surface area contributed by atoms with Gasteiger partial charge in [0.25, 0.3) is 0 Å². The van der Waals surface area contributed by atoms with Crippen LogP contribution in [0, 0.1) is 0 Å². The maximum Gasteiger partial charge on any atom is 0.234 e. The molecule has 0 spiro atoms. The molecule has 1 aromatic carbocycles. The van der Waals surface area contributed by atoms with Crippen molar-refractivity contribution >= 4 is 29.1 Å². The van der Waals surface area contributed by atoms with E-state index in [-0.39, 0.29) is 0 Å². The van der Waals surface area contributed by atoms with Gasteiger partial charge < -0.3 is 25.0 Å². The van der Waals surface area contributed by atoms with Gasteiger partial charge in [0.1, 0.15) is 11.6 Å². The van der Waals surface area contributed by atoms with Crippen LogP contribution in [0.25, 0.3) is 0 Å². The van der Waals surface area contributed by atoms with Crippen LogP contribution < -0.4 is 20.3 Å². The molecule has 0 unspecified atom stereocenters. The van der Waals surface area contributed by atoms with E-state index in [9.17, 15) is 0 Å². The predicted molar refractivity (Wildman–Crippen MR) is 131 cm³/mol. The number of hydrogen-bond donors (Lipinski definition) is 2. The van der Waals surface area contributed by atoms with E-state index < -0.39 is 0 Å². The van der Waals surface area contributed by atoms with Gasteiger partial charge in [0.05, 0.1) is 13.2 Å². The van der Waals surface area contributed by atoms with Gasteiger partial charge in [0.15, 0.2) is 5.11 Å². The lowest BCUT2D eigenvalue weighted by molar-refractivity contribution is 0.0389. The zero-order chi connectivity index (χ0) is 22.0. The lowest BCUT2D eigenvalue weighted by Crippen LogP contribution is -2.42. The van der Waals surface area contributed by atoms with Crippen LogP contribution in [-0.2, 0) is 4.74 Å². The average Bonchev–Trinajstić information content (AvgIpc) is 3.10. The van der Waals surface area contributed by atoms with E-state index in [1.807, 2.05) is 36.4 Å². The number of anilines is 2. The minimum atomic E-state index is 0.446. The number of nitrogens with zero attached hydrogens (tertiary/aromatic N) is 4. The van der Waals surface area contributed by atoms with Crippen molar-refractivity contribution in [2.45, 2.75) is 25.7 Å². The number of hydrogen-bond acceptors (Lipinski definition) is 7. The first-order valence-corrected chi connectivity index (χ1v) is 11.9. The molecule has 0 saturated carbocycles. The smallest absolute Gasteiger partial charge is 0.234 e. The molecule has 2 aliphatic rings. The summed E-state index contributed by atoms with van der Waals surface area (Å²) in [6.45, 7) is 7.17. The van der Waals surface area contributed by atoms with Crippen molar-refractivity contribution in [3.63, 3.8) is 0 Å². The Morgan fingerprint density at radius 2 is 1.75 bits per heavy atom. The SMILES string of the molecule is S=C(NCCN1CCOCC1)Nc1nc(Oc2ccccc2)cc(N2CCCCCC2)n1. The summed E-state index contributed by atoms with van der Waals surface area (Å²) in [5, 5.41) is 6.92. The molecule has 0 radical (unpaired) electrons. The molecule has 0 bridgehead atoms. The van der Waals surface area contributed by atoms with E-state index in [2.05, 4.69) is 25.4 Å². The Morgan fingerprint density at radius 1 is 1.00 bits per heavy atom. The van der Waals surface area contributed by atoms with Gasteiger partial charge in [0, 0.05) is 45.3 Å². The highest BCUT2D eigenvalue weighted by Crippen LogP contribution is 2.26. The third-order valence-corrected chi connectivity index (χ3v) is 5.87. The van der Waals surface area contributed by atoms with Gasteiger partial charge in [-0.2, -0.15) is 9.97 Å². The summed E-state index contributed by atoms with van der Waals surface area (Å²) in [7, 11) is 0. The zero-order valence-electron chi connectivity index (χ0n) is 18.5. The van der Waals surface area contributed by atoms with Gasteiger partial charge in [-0.25, -0.2) is 0 Å². The van der Waals surface area contributed by atoms with Crippen molar-refractivity contribution in [3.05, 3.63) is 36.4 Å². The zero-order valence-corrected chi connectivity index (χ0v) is 19.3. The molecule has 0 aliphatic carbocycles. The van der Waals surface area contributed by atoms with Crippen molar-refractivity contribution < 1.29 is 9.47 Å². The molecule has 0 amide bonds. The number of morpholine rings is 1. The Bertz CT molecular complexity index is 855. The molecular formula is C23H32N6O2S. The normalized spacial score (nSPS) is 17.4. The number of para-hydroxylation sites is 1. The van der Waals surface area contributed by atoms with Crippen molar-refractivity contribution in [2.75, 3.05) is 62.7 Å². The second-order valence-electron chi connectivity index (χ2n) is 8.04. The highest BCUT2D eigenvalue weighted by molar-refractivity contribution is 7.80. The largest absolute Gasteiger partial charge is 0.439 e. The summed E-state index contributed by atoms with van der Waals surface area (Å²) in [5.41, 5.74) is 0. The van der Waals surface area contributed by atoms with E-state index in [0.717, 1.165) is 64.0 Å². The van der Waals surface area contributed by atoms with Crippen LogP contribution in [0.4, 0.5) is 11.8 Å². The number of ether oxygens (including phenoxy) is 2. The summed E-state index contributed by atoms with van der Waals surface area (Å²) in [5.74, 6) is 2.56. The molecule has 2 aliphatic heterocycles. The van der Waals surface area contributed by atoms with Gasteiger partial charge in [-0.15, -0.1) is 0 Å². The number of aromatic nitrogens is 2. The molecule has 4 rings (SSSR count). The fraction of sp³-hybridized carbons (Fsp3) is 0.522. The number of thiocarbonyl (C=S) groups is 1. The molecule has 2 fully saturated rings. The van der Waals surface area contributed by atoms with Gasteiger partial charge in [-0.3, -0.25) is 4.90 Å². The Hall–Kier alpha value is -2.49. The third-order valence-electron chi connectivity index (χ3n) is 5.63. The van der Waals surface area contributed by atoms with Crippen LogP contribution in [0.5, 0.6) is 11.6 Å². The summed E-state index contributed by atoms with van der Waals surface area (Å²) in [6, 6.07) is 11.6. The van der Waals surface area contributed by atoms with Crippen LogP contribution >= 0.6 is 12.2 Å². The molecule has 3 heterocycles. The van der Waals surface area contributed by atoms with Gasteiger partial charge >= 0.3 is 0 Å². The lowest BCUT2D eigenvalue weighted by Gasteiger charge is -2.26. The second kappa shape index (κ2) is 11.9. The fourth-order valence-corrected chi connectivity index (χ4v) is 4.08. The first kappa shape index (κ1) is 22.7. The number of benzene rings is 1. The lowest BCUT2D eigenvalue weighted by atomic mass is 10.2. The summed E-state index contributed by atoms with van der Waals surface area (Å²) in [4.78, 5) is 14.0. The van der Waals surface area contributed by atoms with E-state index >= 15 is 0 Å². The first-order chi connectivity index (χ1) is 15.8. The molecule has 8 nitrogen and oxygen atoms in total. The maximum atomic E-state index is 6.02. The van der Waals surface area contributed by atoms with Gasteiger partial charge in [-0.05, 0) is 37.2 Å². The van der Waals surface area contributed by atoms with E-state index in [4.69, 9.17) is 26.7 Å². The van der Waals surface area contributed by atoms with Crippen LogP contribution in [0.1, 0.15) is 25.7 Å². The predicted octanol–water partition coefficient (Wildman–Crippen LogP) is 3.27. The van der Waals surface area contributed by atoms with Gasteiger partial charge in [0.2, 0.25) is 11.8 Å². The minimum absolute atomic E-state index is 0.446. The summed E-state index contributed by atoms with van der Waals surface area (Å²) >= 11 is 5.50. The Labute approximate surface area is 195 Å². The van der Waals surface area contributed by atoms with Crippen LogP contribution in [0.3, 0.4) is 0 Å². The number of rotatable bonds is 7. The van der Waals surface area contributed by atoms with Crippen LogP contribution in [-0.4, -0.2) is 72.5 Å². The maximum absolute atomic E-state index is 6.02. The average molecular weight is 457 g/mol. The molecule has 1 aromatic heterocycles. The van der Waals surface area contributed by atoms with Crippen LogP contribution in [0.2, 0.25) is 0 Å². The molecule has 9 heteroatoms. The Balaban J connectivity index is 1.42. The molecule has 32 heavy (non-hydrogen) atoms. The third kappa shape index (κ3) is 7.01. The molecular weight excluding hydrogens is 424 g/mol. The van der Waals surface area contributed by atoms with Crippen molar-refractivity contribution in [2.24, 2.45) is 0 Å². The highest BCUT2D eigenvalue weighted by atomic mass is 32.1. The topological polar surface area (TPSA) is 74.8 Å². The Kier molecular flexibility index (Phi) is 8.47. The molecule has 0 atom stereocenters. The quantitative estimate of drug-likeness (QED) is 0.611. The fourth-order valence-electron chi connectivity index (χ4n) is 3.89. The summed E-state index contributed by atoms with van der Waals surface area (Å²) < 4.78 is 11.4.